The Morgan fingerprint density at radius 1 is 0.358 bits per heavy atom. The Labute approximate surface area is 397 Å². The molecule has 6 aliphatic rings. The number of hydrogen-bond donors (Lipinski definition) is 0. The van der Waals surface area contributed by atoms with E-state index >= 15 is 0 Å². The number of hydrogen-bond acceptors (Lipinski definition) is 2. The average Bonchev–Trinajstić information content (AvgIpc) is 3.91. The van der Waals surface area contributed by atoms with E-state index in [0.717, 1.165) is 23.2 Å². The minimum Gasteiger partial charge on any atom is -0.310 e. The molecule has 4 fully saturated rings. The molecule has 67 heavy (non-hydrogen) atoms. The number of para-hydroxylation sites is 1. The Bertz CT molecular complexity index is 3540. The summed E-state index contributed by atoms with van der Waals surface area (Å²) in [5.74, 6) is 3.06. The van der Waals surface area contributed by atoms with Crippen molar-refractivity contribution in [2.75, 3.05) is 4.90 Å². The first-order valence-electron chi connectivity index (χ1n) is 24.6. The number of fused-ring (bicyclic) bond motifs is 12. The fourth-order valence-corrected chi connectivity index (χ4v) is 16.3. The first-order chi connectivity index (χ1) is 33.2. The number of anilines is 3. The molecule has 9 aromatic carbocycles. The molecule has 0 atom stereocenters. The fraction of sp³-hybridized carbons (Fsp3) is 0.169. The Balaban J connectivity index is 0.938. The van der Waals surface area contributed by atoms with Crippen LogP contribution in [-0.2, 0) is 10.8 Å². The predicted octanol–water partition coefficient (Wildman–Crippen LogP) is 17.3. The second-order valence-corrected chi connectivity index (χ2v) is 21.4. The molecule has 2 spiro atoms. The van der Waals surface area contributed by atoms with Crippen molar-refractivity contribution in [3.05, 3.63) is 246 Å². The van der Waals surface area contributed by atoms with Crippen LogP contribution in [0.4, 0.5) is 17.1 Å². The largest absolute Gasteiger partial charge is 0.310 e. The molecule has 0 aliphatic heterocycles. The molecule has 4 saturated carbocycles. The molecule has 0 N–H and O–H groups in total. The molecule has 16 rings (SSSR count). The normalized spacial score (nSPS) is 22.2. The van der Waals surface area contributed by atoms with E-state index < -0.39 is 5.41 Å². The quantitative estimate of drug-likeness (QED) is 0.167. The molecule has 6 aliphatic carbocycles. The van der Waals surface area contributed by atoms with Crippen LogP contribution in [0.3, 0.4) is 0 Å². The molecule has 1 heterocycles. The lowest BCUT2D eigenvalue weighted by atomic mass is 9.38. The van der Waals surface area contributed by atoms with E-state index in [1.54, 1.807) is 11.1 Å². The van der Waals surface area contributed by atoms with Crippen molar-refractivity contribution in [2.24, 2.45) is 23.7 Å². The van der Waals surface area contributed by atoms with Crippen molar-refractivity contribution in [1.29, 1.82) is 0 Å². The number of benzene rings is 9. The third kappa shape index (κ3) is 5.15. The van der Waals surface area contributed by atoms with Gasteiger partial charge in [-0.25, -0.2) is 0 Å². The van der Waals surface area contributed by atoms with Gasteiger partial charge in [-0.05, 0) is 171 Å². The van der Waals surface area contributed by atoms with E-state index in [-0.39, 0.29) is 5.41 Å². The van der Waals surface area contributed by atoms with Gasteiger partial charge in [-0.2, -0.15) is 0 Å². The average molecular weight is 876 g/mol. The van der Waals surface area contributed by atoms with Gasteiger partial charge in [0.25, 0.3) is 0 Å². The Morgan fingerprint density at radius 2 is 0.881 bits per heavy atom. The lowest BCUT2D eigenvalue weighted by Gasteiger charge is -2.65. The highest BCUT2D eigenvalue weighted by Gasteiger charge is 2.64. The van der Waals surface area contributed by atoms with E-state index in [1.165, 1.54) is 114 Å². The molecule has 0 saturated heterocycles. The van der Waals surface area contributed by atoms with Gasteiger partial charge in [0.15, 0.2) is 0 Å². The van der Waals surface area contributed by atoms with Crippen LogP contribution in [0.15, 0.2) is 212 Å². The van der Waals surface area contributed by atoms with Crippen LogP contribution in [0.5, 0.6) is 0 Å². The second kappa shape index (κ2) is 14.3. The zero-order valence-electron chi connectivity index (χ0n) is 37.4. The summed E-state index contributed by atoms with van der Waals surface area (Å²) in [5, 5.41) is 2.68. The van der Waals surface area contributed by atoms with Crippen LogP contribution in [0, 0.1) is 23.7 Å². The van der Waals surface area contributed by atoms with Crippen LogP contribution in [-0.4, -0.2) is 0 Å². The van der Waals surface area contributed by atoms with Crippen LogP contribution in [0.1, 0.15) is 65.5 Å². The monoisotopic (exact) mass is 875 g/mol. The first-order valence-corrected chi connectivity index (χ1v) is 25.4. The maximum absolute atomic E-state index is 2.65. The van der Waals surface area contributed by atoms with E-state index in [9.17, 15) is 0 Å². The minimum atomic E-state index is -0.443. The van der Waals surface area contributed by atoms with Crippen LogP contribution < -0.4 is 4.90 Å². The molecule has 0 radical (unpaired) electrons. The van der Waals surface area contributed by atoms with Crippen LogP contribution in [0.25, 0.3) is 53.6 Å². The fourth-order valence-electron chi connectivity index (χ4n) is 15.2. The summed E-state index contributed by atoms with van der Waals surface area (Å²) >= 11 is 1.88. The number of rotatable bonds is 5. The molecule has 10 aromatic rings. The van der Waals surface area contributed by atoms with E-state index in [1.807, 2.05) is 11.3 Å². The lowest BCUT2D eigenvalue weighted by molar-refractivity contribution is -0.0440. The summed E-state index contributed by atoms with van der Waals surface area (Å²) in [7, 11) is 0. The highest BCUT2D eigenvalue weighted by atomic mass is 32.1. The molecule has 4 bridgehead atoms. The van der Waals surface area contributed by atoms with E-state index in [4.69, 9.17) is 0 Å². The van der Waals surface area contributed by atoms with E-state index in [2.05, 4.69) is 217 Å². The third-order valence-electron chi connectivity index (χ3n) is 17.3. The molecule has 1 nitrogen and oxygen atoms in total. The molecule has 2 heteroatoms. The highest BCUT2D eigenvalue weighted by Crippen LogP contribution is 2.71. The summed E-state index contributed by atoms with van der Waals surface area (Å²) in [6.45, 7) is 0. The van der Waals surface area contributed by atoms with Gasteiger partial charge in [0, 0.05) is 42.6 Å². The summed E-state index contributed by atoms with van der Waals surface area (Å²) in [6, 6.07) is 81.3. The zero-order valence-corrected chi connectivity index (χ0v) is 38.2. The van der Waals surface area contributed by atoms with Crippen molar-refractivity contribution in [3.8, 4) is 33.4 Å². The van der Waals surface area contributed by atoms with Gasteiger partial charge in [0.2, 0.25) is 0 Å². The van der Waals surface area contributed by atoms with Gasteiger partial charge in [-0.15, -0.1) is 11.3 Å². The van der Waals surface area contributed by atoms with Gasteiger partial charge in [0.1, 0.15) is 0 Å². The molecular formula is C65H49NS. The molecular weight excluding hydrogens is 827 g/mol. The highest BCUT2D eigenvalue weighted by molar-refractivity contribution is 7.25. The van der Waals surface area contributed by atoms with Crippen LogP contribution >= 0.6 is 11.3 Å². The zero-order chi connectivity index (χ0) is 43.8. The molecule has 0 amide bonds. The maximum atomic E-state index is 2.65. The van der Waals surface area contributed by atoms with Gasteiger partial charge >= 0.3 is 0 Å². The van der Waals surface area contributed by atoms with Gasteiger partial charge < -0.3 is 4.90 Å². The third-order valence-corrected chi connectivity index (χ3v) is 18.5. The first kappa shape index (κ1) is 38.1. The minimum absolute atomic E-state index is 0.00184. The van der Waals surface area contributed by atoms with Crippen molar-refractivity contribution >= 4 is 48.6 Å². The summed E-state index contributed by atoms with van der Waals surface area (Å²) in [6.07, 6.45) is 6.86. The maximum Gasteiger partial charge on any atom is 0.0720 e. The summed E-state index contributed by atoms with van der Waals surface area (Å²) in [5.41, 5.74) is 19.8. The van der Waals surface area contributed by atoms with Crippen molar-refractivity contribution in [2.45, 2.75) is 42.9 Å². The van der Waals surface area contributed by atoms with Gasteiger partial charge in [-0.3, -0.25) is 0 Å². The Kier molecular flexibility index (Phi) is 8.11. The van der Waals surface area contributed by atoms with Crippen molar-refractivity contribution < 1.29 is 0 Å². The summed E-state index contributed by atoms with van der Waals surface area (Å²) < 4.78 is 2.66. The second-order valence-electron chi connectivity index (χ2n) is 20.3. The van der Waals surface area contributed by atoms with Crippen molar-refractivity contribution in [3.63, 3.8) is 0 Å². The van der Waals surface area contributed by atoms with Gasteiger partial charge in [0.05, 0.1) is 5.41 Å². The topological polar surface area (TPSA) is 3.24 Å². The number of thiophene rings is 1. The molecule has 1 aromatic heterocycles. The smallest absolute Gasteiger partial charge is 0.0720 e. The van der Waals surface area contributed by atoms with Crippen LogP contribution in [0.2, 0.25) is 0 Å². The van der Waals surface area contributed by atoms with Gasteiger partial charge in [-0.1, -0.05) is 164 Å². The Hall–Kier alpha value is -7.00. The Morgan fingerprint density at radius 3 is 1.60 bits per heavy atom. The van der Waals surface area contributed by atoms with E-state index in [0.29, 0.717) is 11.8 Å². The predicted molar refractivity (Wildman–Crippen MR) is 280 cm³/mol. The number of nitrogens with zero attached hydrogens (tertiary/aromatic N) is 1. The molecule has 0 unspecified atom stereocenters. The SMILES string of the molecule is c1ccc(N(c2ccc(-c3ccccc3-c3cccc4sc5ccccc5c34)cc2)c2ccc3c(c2)C2(c4ccccc4-c4ccccc42)c2ccccc2C32C3CC4CC(C3)CC2C4)cc1. The standard InChI is InChI=1S/C65H49NS/c1-2-15-46(16-3-1)66(47-31-29-43(30-32-47)49-17-4-5-18-50(49)53-22-14-28-62-63(53)54-21-8-13-27-61(54)67-62)48-33-34-59-60(40-48)65(55-23-9-6-19-51(55)52-20-7-10-24-56(52)65)58-26-12-11-25-57(58)64(59)44-36-41-35-42(38-44)39-45(64)37-41/h1-34,40-42,44-45H,35-39H2. The van der Waals surface area contributed by atoms with Crippen molar-refractivity contribution in [1.82, 2.24) is 0 Å². The molecule has 320 valence electrons. The lowest BCUT2D eigenvalue weighted by Crippen LogP contribution is -2.59. The summed E-state index contributed by atoms with van der Waals surface area (Å²) in [4.78, 5) is 2.51.